The van der Waals surface area contributed by atoms with Gasteiger partial charge in [-0.2, -0.15) is 0 Å². The summed E-state index contributed by atoms with van der Waals surface area (Å²) in [6.45, 7) is 0. The first-order valence-electron chi connectivity index (χ1n) is 3.72. The molecule has 1 aromatic carbocycles. The van der Waals surface area contributed by atoms with Crippen molar-refractivity contribution in [1.82, 2.24) is 0 Å². The largest absolute Gasteiger partial charge is 0.503 e. The highest BCUT2D eigenvalue weighted by Crippen LogP contribution is 2.42. The van der Waals surface area contributed by atoms with E-state index in [4.69, 9.17) is 9.47 Å². The molecular weight excluding hydrogens is 188 g/mol. The minimum Gasteiger partial charge on any atom is -0.503 e. The number of thioether (sulfide) groups is 1. The van der Waals surface area contributed by atoms with Gasteiger partial charge in [0.1, 0.15) is 0 Å². The Hall–Kier alpha value is -1.03. The summed E-state index contributed by atoms with van der Waals surface area (Å²) in [4.78, 5) is 0.776. The summed E-state index contributed by atoms with van der Waals surface area (Å²) in [5.74, 6) is 1.06. The lowest BCUT2D eigenvalue weighted by atomic mass is 10.3. The Bertz CT molecular complexity index is 299. The van der Waals surface area contributed by atoms with E-state index in [1.807, 2.05) is 6.26 Å². The summed E-state index contributed by atoms with van der Waals surface area (Å²) in [6.07, 6.45) is 1.89. The molecule has 4 heteroatoms. The molecule has 0 aromatic heterocycles. The van der Waals surface area contributed by atoms with Gasteiger partial charge in [0.15, 0.2) is 11.5 Å². The Morgan fingerprint density at radius 1 is 1.23 bits per heavy atom. The van der Waals surface area contributed by atoms with Gasteiger partial charge in [0.05, 0.1) is 19.1 Å². The van der Waals surface area contributed by atoms with Crippen LogP contribution in [0.5, 0.6) is 17.2 Å². The molecule has 0 aliphatic heterocycles. The van der Waals surface area contributed by atoms with Gasteiger partial charge in [-0.05, 0) is 18.4 Å². The molecule has 0 radical (unpaired) electrons. The third kappa shape index (κ3) is 1.83. The van der Waals surface area contributed by atoms with Gasteiger partial charge < -0.3 is 14.6 Å². The van der Waals surface area contributed by atoms with E-state index in [9.17, 15) is 5.11 Å². The standard InChI is InChI=1S/C9H12O3S/c1-11-6-4-5-7(13-3)8(10)9(6)12-2/h4-5,10H,1-3H3. The molecule has 0 fully saturated rings. The minimum atomic E-state index is 0.134. The molecule has 1 aromatic rings. The third-order valence-electron chi connectivity index (χ3n) is 1.70. The van der Waals surface area contributed by atoms with E-state index >= 15 is 0 Å². The molecule has 0 spiro atoms. The predicted molar refractivity (Wildman–Crippen MR) is 53.0 cm³/mol. The zero-order valence-electron chi connectivity index (χ0n) is 7.83. The maximum Gasteiger partial charge on any atom is 0.204 e. The zero-order valence-corrected chi connectivity index (χ0v) is 8.64. The molecule has 0 unspecified atom stereocenters. The fraction of sp³-hybridized carbons (Fsp3) is 0.333. The number of benzene rings is 1. The normalized spacial score (nSPS) is 9.77. The molecule has 0 bridgehead atoms. The van der Waals surface area contributed by atoms with Crippen LogP contribution in [-0.4, -0.2) is 25.6 Å². The van der Waals surface area contributed by atoms with Crippen molar-refractivity contribution in [3.05, 3.63) is 12.1 Å². The summed E-state index contributed by atoms with van der Waals surface area (Å²) in [5.41, 5.74) is 0. The van der Waals surface area contributed by atoms with Crippen LogP contribution in [0.3, 0.4) is 0 Å². The van der Waals surface area contributed by atoms with Gasteiger partial charge in [0.25, 0.3) is 0 Å². The van der Waals surface area contributed by atoms with Crippen LogP contribution in [0.4, 0.5) is 0 Å². The maximum absolute atomic E-state index is 9.67. The minimum absolute atomic E-state index is 0.134. The van der Waals surface area contributed by atoms with Crippen LogP contribution in [0.15, 0.2) is 17.0 Å². The summed E-state index contributed by atoms with van der Waals surface area (Å²) < 4.78 is 10.0. The maximum atomic E-state index is 9.67. The van der Waals surface area contributed by atoms with Crippen LogP contribution in [0, 0.1) is 0 Å². The predicted octanol–water partition coefficient (Wildman–Crippen LogP) is 2.13. The van der Waals surface area contributed by atoms with Gasteiger partial charge >= 0.3 is 0 Å². The molecule has 13 heavy (non-hydrogen) atoms. The molecule has 0 saturated heterocycles. The second-order valence-electron chi connectivity index (χ2n) is 2.35. The molecule has 1 N–H and O–H groups in total. The molecule has 0 amide bonds. The van der Waals surface area contributed by atoms with Crippen molar-refractivity contribution in [2.45, 2.75) is 4.90 Å². The Balaban J connectivity index is 3.23. The molecule has 72 valence electrons. The number of hydrogen-bond donors (Lipinski definition) is 1. The summed E-state index contributed by atoms with van der Waals surface area (Å²) in [7, 11) is 3.04. The van der Waals surface area contributed by atoms with E-state index in [1.54, 1.807) is 12.1 Å². The Morgan fingerprint density at radius 3 is 2.38 bits per heavy atom. The van der Waals surface area contributed by atoms with Crippen LogP contribution in [0.1, 0.15) is 0 Å². The molecule has 1 rings (SSSR count). The fourth-order valence-corrected chi connectivity index (χ4v) is 1.55. The van der Waals surface area contributed by atoms with Crippen LogP contribution in [0.25, 0.3) is 0 Å². The molecule has 0 aliphatic rings. The zero-order chi connectivity index (χ0) is 9.84. The number of rotatable bonds is 3. The molecular formula is C9H12O3S. The summed E-state index contributed by atoms with van der Waals surface area (Å²) >= 11 is 1.46. The van der Waals surface area contributed by atoms with E-state index in [0.29, 0.717) is 11.5 Å². The van der Waals surface area contributed by atoms with E-state index < -0.39 is 0 Å². The van der Waals surface area contributed by atoms with Crippen LogP contribution in [-0.2, 0) is 0 Å². The van der Waals surface area contributed by atoms with E-state index in [-0.39, 0.29) is 5.75 Å². The molecule has 0 saturated carbocycles. The lowest BCUT2D eigenvalue weighted by Gasteiger charge is -2.10. The SMILES string of the molecule is COc1ccc(SC)c(O)c1OC. The van der Waals surface area contributed by atoms with Crippen molar-refractivity contribution in [2.24, 2.45) is 0 Å². The van der Waals surface area contributed by atoms with Crippen molar-refractivity contribution in [1.29, 1.82) is 0 Å². The lowest BCUT2D eigenvalue weighted by molar-refractivity contribution is 0.329. The first-order valence-corrected chi connectivity index (χ1v) is 4.95. The van der Waals surface area contributed by atoms with E-state index in [2.05, 4.69) is 0 Å². The number of ether oxygens (including phenoxy) is 2. The van der Waals surface area contributed by atoms with Crippen LogP contribution in [0.2, 0.25) is 0 Å². The average Bonchev–Trinajstić information content (AvgIpc) is 2.17. The van der Waals surface area contributed by atoms with Gasteiger partial charge in [-0.25, -0.2) is 0 Å². The van der Waals surface area contributed by atoms with Crippen molar-refractivity contribution in [3.63, 3.8) is 0 Å². The second kappa shape index (κ2) is 4.28. The van der Waals surface area contributed by atoms with Crippen LogP contribution < -0.4 is 9.47 Å². The molecule has 0 aliphatic carbocycles. The molecule has 3 nitrogen and oxygen atoms in total. The number of phenolic OH excluding ortho intramolecular Hbond substituents is 1. The Morgan fingerprint density at radius 2 is 1.92 bits per heavy atom. The summed E-state index contributed by atoms with van der Waals surface area (Å²) in [5, 5.41) is 9.67. The van der Waals surface area contributed by atoms with Crippen molar-refractivity contribution in [2.75, 3.05) is 20.5 Å². The van der Waals surface area contributed by atoms with E-state index in [1.165, 1.54) is 26.0 Å². The van der Waals surface area contributed by atoms with E-state index in [0.717, 1.165) is 4.90 Å². The lowest BCUT2D eigenvalue weighted by Crippen LogP contribution is -1.91. The van der Waals surface area contributed by atoms with Gasteiger partial charge in [0, 0.05) is 0 Å². The van der Waals surface area contributed by atoms with Crippen molar-refractivity contribution >= 4 is 11.8 Å². The van der Waals surface area contributed by atoms with Crippen molar-refractivity contribution in [3.8, 4) is 17.2 Å². The number of methoxy groups -OCH3 is 2. The molecule has 0 heterocycles. The summed E-state index contributed by atoms with van der Waals surface area (Å²) in [6, 6.07) is 3.56. The smallest absolute Gasteiger partial charge is 0.204 e. The third-order valence-corrected chi connectivity index (χ3v) is 2.47. The van der Waals surface area contributed by atoms with Gasteiger partial charge in [-0.1, -0.05) is 0 Å². The van der Waals surface area contributed by atoms with Gasteiger partial charge in [-0.15, -0.1) is 11.8 Å². The average molecular weight is 200 g/mol. The first-order chi connectivity index (χ1) is 6.24. The second-order valence-corrected chi connectivity index (χ2v) is 3.20. The monoisotopic (exact) mass is 200 g/mol. The Kier molecular flexibility index (Phi) is 3.31. The highest BCUT2D eigenvalue weighted by molar-refractivity contribution is 7.98. The van der Waals surface area contributed by atoms with Crippen LogP contribution >= 0.6 is 11.8 Å². The Labute approximate surface area is 81.7 Å². The number of aromatic hydroxyl groups is 1. The first kappa shape index (κ1) is 10.1. The van der Waals surface area contributed by atoms with Gasteiger partial charge in [0.2, 0.25) is 5.75 Å². The molecule has 0 atom stereocenters. The van der Waals surface area contributed by atoms with Crippen molar-refractivity contribution < 1.29 is 14.6 Å². The highest BCUT2D eigenvalue weighted by Gasteiger charge is 2.12. The highest BCUT2D eigenvalue weighted by atomic mass is 32.2. The number of hydrogen-bond acceptors (Lipinski definition) is 4. The number of phenols is 1. The van der Waals surface area contributed by atoms with Gasteiger partial charge in [-0.3, -0.25) is 0 Å². The topological polar surface area (TPSA) is 38.7 Å². The quantitative estimate of drug-likeness (QED) is 0.759. The fourth-order valence-electron chi connectivity index (χ4n) is 1.06.